The van der Waals surface area contributed by atoms with Crippen LogP contribution in [0.5, 0.6) is 5.75 Å². The molecule has 0 fully saturated rings. The molecule has 1 aromatic carbocycles. The Kier molecular flexibility index (Phi) is 2.52. The SMILES string of the molecule is COC(=O)c1ccc2c(c1)C(C(=O)O)CO2. The van der Waals surface area contributed by atoms with Gasteiger partial charge in [0.15, 0.2) is 0 Å². The van der Waals surface area contributed by atoms with Gasteiger partial charge in [0.25, 0.3) is 0 Å². The van der Waals surface area contributed by atoms with Crippen LogP contribution in [0.25, 0.3) is 0 Å². The molecule has 1 aromatic rings. The lowest BCUT2D eigenvalue weighted by Gasteiger charge is -2.04. The summed E-state index contributed by atoms with van der Waals surface area (Å²) in [5.41, 5.74) is 0.855. The van der Waals surface area contributed by atoms with Crippen molar-refractivity contribution in [2.75, 3.05) is 13.7 Å². The first-order valence-electron chi connectivity index (χ1n) is 4.71. The Morgan fingerprint density at radius 2 is 2.25 bits per heavy atom. The Hall–Kier alpha value is -2.04. The number of carbonyl (C=O) groups excluding carboxylic acids is 1. The van der Waals surface area contributed by atoms with Crippen LogP contribution < -0.4 is 4.74 Å². The standard InChI is InChI=1S/C11H10O5/c1-15-11(14)6-2-3-9-7(4-6)8(5-16-9)10(12)13/h2-4,8H,5H2,1H3,(H,12,13). The molecule has 1 aliphatic rings. The van der Waals surface area contributed by atoms with Gasteiger partial charge >= 0.3 is 11.9 Å². The van der Waals surface area contributed by atoms with Gasteiger partial charge in [-0.2, -0.15) is 0 Å². The van der Waals surface area contributed by atoms with Crippen LogP contribution in [0.1, 0.15) is 21.8 Å². The average molecular weight is 222 g/mol. The van der Waals surface area contributed by atoms with Crippen molar-refractivity contribution in [3.63, 3.8) is 0 Å². The van der Waals surface area contributed by atoms with Crippen LogP contribution in [0.15, 0.2) is 18.2 Å². The van der Waals surface area contributed by atoms with Gasteiger partial charge in [0.05, 0.1) is 12.7 Å². The molecule has 0 saturated heterocycles. The monoisotopic (exact) mass is 222 g/mol. The highest BCUT2D eigenvalue weighted by atomic mass is 16.5. The highest BCUT2D eigenvalue weighted by Gasteiger charge is 2.30. The molecule has 0 bridgehead atoms. The van der Waals surface area contributed by atoms with E-state index in [2.05, 4.69) is 4.74 Å². The molecule has 1 heterocycles. The first-order chi connectivity index (χ1) is 7.63. The second-order valence-electron chi connectivity index (χ2n) is 3.45. The van der Waals surface area contributed by atoms with E-state index >= 15 is 0 Å². The largest absolute Gasteiger partial charge is 0.492 e. The summed E-state index contributed by atoms with van der Waals surface area (Å²) in [6, 6.07) is 4.65. The van der Waals surface area contributed by atoms with Gasteiger partial charge in [-0.25, -0.2) is 4.79 Å². The molecule has 0 amide bonds. The molecule has 16 heavy (non-hydrogen) atoms. The van der Waals surface area contributed by atoms with Crippen LogP contribution in [0, 0.1) is 0 Å². The zero-order valence-electron chi connectivity index (χ0n) is 8.60. The van der Waals surface area contributed by atoms with E-state index < -0.39 is 17.9 Å². The van der Waals surface area contributed by atoms with Crippen molar-refractivity contribution in [2.45, 2.75) is 5.92 Å². The predicted octanol–water partition coefficient (Wildman–Crippen LogP) is 1.03. The van der Waals surface area contributed by atoms with Crippen LogP contribution in [0.2, 0.25) is 0 Å². The number of benzene rings is 1. The van der Waals surface area contributed by atoms with E-state index in [1.807, 2.05) is 0 Å². The first-order valence-corrected chi connectivity index (χ1v) is 4.71. The maximum absolute atomic E-state index is 11.3. The van der Waals surface area contributed by atoms with Crippen molar-refractivity contribution >= 4 is 11.9 Å². The van der Waals surface area contributed by atoms with Crippen molar-refractivity contribution in [3.05, 3.63) is 29.3 Å². The molecule has 1 unspecified atom stereocenters. The predicted molar refractivity (Wildman–Crippen MR) is 53.7 cm³/mol. The normalized spacial score (nSPS) is 17.4. The topological polar surface area (TPSA) is 72.8 Å². The van der Waals surface area contributed by atoms with Crippen LogP contribution in [-0.4, -0.2) is 30.8 Å². The molecule has 5 nitrogen and oxygen atoms in total. The Bertz CT molecular complexity index is 452. The van der Waals surface area contributed by atoms with Crippen LogP contribution in [-0.2, 0) is 9.53 Å². The Balaban J connectivity index is 2.41. The van der Waals surface area contributed by atoms with Gasteiger partial charge in [-0.05, 0) is 18.2 Å². The van der Waals surface area contributed by atoms with E-state index in [9.17, 15) is 9.59 Å². The van der Waals surface area contributed by atoms with Crippen LogP contribution >= 0.6 is 0 Å². The Morgan fingerprint density at radius 1 is 1.50 bits per heavy atom. The molecular weight excluding hydrogens is 212 g/mol. The lowest BCUT2D eigenvalue weighted by atomic mass is 9.99. The van der Waals surface area contributed by atoms with Gasteiger partial charge in [-0.15, -0.1) is 0 Å². The minimum atomic E-state index is -0.958. The van der Waals surface area contributed by atoms with Crippen molar-refractivity contribution in [2.24, 2.45) is 0 Å². The summed E-state index contributed by atoms with van der Waals surface area (Å²) in [4.78, 5) is 22.2. The van der Waals surface area contributed by atoms with E-state index in [4.69, 9.17) is 9.84 Å². The van der Waals surface area contributed by atoms with Gasteiger partial charge in [-0.1, -0.05) is 0 Å². The number of esters is 1. The number of ether oxygens (including phenoxy) is 2. The summed E-state index contributed by atoms with van der Waals surface area (Å²) in [5.74, 6) is -1.64. The third kappa shape index (κ3) is 1.60. The first kappa shape index (κ1) is 10.5. The third-order valence-electron chi connectivity index (χ3n) is 2.51. The quantitative estimate of drug-likeness (QED) is 0.756. The zero-order valence-corrected chi connectivity index (χ0v) is 8.60. The van der Waals surface area contributed by atoms with Crippen LogP contribution in [0.3, 0.4) is 0 Å². The number of rotatable bonds is 2. The summed E-state index contributed by atoms with van der Waals surface area (Å²) < 4.78 is 9.77. The fourth-order valence-corrected chi connectivity index (χ4v) is 1.66. The molecule has 5 heteroatoms. The maximum atomic E-state index is 11.3. The van der Waals surface area contributed by atoms with Gasteiger partial charge in [0.1, 0.15) is 18.3 Å². The van der Waals surface area contributed by atoms with Gasteiger partial charge < -0.3 is 14.6 Å². The molecule has 0 radical (unpaired) electrons. The number of methoxy groups -OCH3 is 1. The maximum Gasteiger partial charge on any atom is 0.337 e. The van der Waals surface area contributed by atoms with Gasteiger partial charge in [0.2, 0.25) is 0 Å². The summed E-state index contributed by atoms with van der Waals surface area (Å²) in [7, 11) is 1.28. The van der Waals surface area contributed by atoms with Gasteiger partial charge in [0, 0.05) is 5.56 Å². The summed E-state index contributed by atoms with van der Waals surface area (Å²) in [6.45, 7) is 0.106. The van der Waals surface area contributed by atoms with E-state index in [1.54, 1.807) is 12.1 Å². The molecule has 1 aliphatic heterocycles. The Morgan fingerprint density at radius 3 is 2.88 bits per heavy atom. The second-order valence-corrected chi connectivity index (χ2v) is 3.45. The fourth-order valence-electron chi connectivity index (χ4n) is 1.66. The lowest BCUT2D eigenvalue weighted by Crippen LogP contribution is -2.13. The molecular formula is C11H10O5. The van der Waals surface area contributed by atoms with Crippen molar-refractivity contribution in [1.29, 1.82) is 0 Å². The number of hydrogen-bond donors (Lipinski definition) is 1. The van der Waals surface area contributed by atoms with E-state index in [0.29, 0.717) is 16.9 Å². The minimum absolute atomic E-state index is 0.106. The molecule has 1 atom stereocenters. The number of fused-ring (bicyclic) bond motifs is 1. The Labute approximate surface area is 91.6 Å². The number of hydrogen-bond acceptors (Lipinski definition) is 4. The average Bonchev–Trinajstić information content (AvgIpc) is 2.70. The smallest absolute Gasteiger partial charge is 0.337 e. The summed E-state index contributed by atoms with van der Waals surface area (Å²) in [5, 5.41) is 8.95. The number of carboxylic acids is 1. The van der Waals surface area contributed by atoms with E-state index in [-0.39, 0.29) is 6.61 Å². The summed E-state index contributed by atoms with van der Waals surface area (Å²) >= 11 is 0. The zero-order chi connectivity index (χ0) is 11.7. The molecule has 84 valence electrons. The fraction of sp³-hybridized carbons (Fsp3) is 0.273. The molecule has 1 N–H and O–H groups in total. The van der Waals surface area contributed by atoms with Crippen LogP contribution in [0.4, 0.5) is 0 Å². The highest BCUT2D eigenvalue weighted by molar-refractivity contribution is 5.90. The van der Waals surface area contributed by atoms with Crippen molar-refractivity contribution < 1.29 is 24.2 Å². The number of carbonyl (C=O) groups is 2. The molecule has 0 aromatic heterocycles. The number of carboxylic acid groups (broad SMARTS) is 1. The summed E-state index contributed by atoms with van der Waals surface area (Å²) in [6.07, 6.45) is 0. The van der Waals surface area contributed by atoms with E-state index in [1.165, 1.54) is 13.2 Å². The highest BCUT2D eigenvalue weighted by Crippen LogP contribution is 2.34. The molecule has 0 saturated carbocycles. The van der Waals surface area contributed by atoms with Crippen molar-refractivity contribution in [3.8, 4) is 5.75 Å². The van der Waals surface area contributed by atoms with Crippen molar-refractivity contribution in [1.82, 2.24) is 0 Å². The molecule has 2 rings (SSSR count). The lowest BCUT2D eigenvalue weighted by molar-refractivity contribution is -0.138. The molecule has 0 aliphatic carbocycles. The number of aliphatic carboxylic acids is 1. The molecule has 0 spiro atoms. The second kappa shape index (κ2) is 3.84. The third-order valence-corrected chi connectivity index (χ3v) is 2.51. The van der Waals surface area contributed by atoms with E-state index in [0.717, 1.165) is 0 Å². The minimum Gasteiger partial charge on any atom is -0.492 e. The van der Waals surface area contributed by atoms with Gasteiger partial charge in [-0.3, -0.25) is 4.79 Å².